The highest BCUT2D eigenvalue weighted by Gasteiger charge is 2.53. The maximum absolute atomic E-state index is 13.0. The minimum Gasteiger partial charge on any atom is -0.463 e. The second kappa shape index (κ2) is 22.5. The van der Waals surface area contributed by atoms with E-state index in [1.807, 2.05) is 0 Å². The molecule has 0 bridgehead atoms. The Morgan fingerprint density at radius 3 is 1.37 bits per heavy atom. The third-order valence-corrected chi connectivity index (χ3v) is 8.24. The molecule has 334 valence electrons. The molecule has 0 saturated carbocycles. The van der Waals surface area contributed by atoms with Crippen molar-refractivity contribution in [1.82, 2.24) is 10.6 Å². The largest absolute Gasteiger partial charge is 0.463 e. The van der Waals surface area contributed by atoms with E-state index in [9.17, 15) is 38.4 Å². The molecule has 5 atom stereocenters. The second-order valence-corrected chi connectivity index (χ2v) is 13.2. The molecule has 24 heteroatoms. The van der Waals surface area contributed by atoms with Gasteiger partial charge in [0, 0.05) is 54.6 Å². The summed E-state index contributed by atoms with van der Waals surface area (Å²) in [5.41, 5.74) is 0. The van der Waals surface area contributed by atoms with E-state index in [0.717, 1.165) is 27.7 Å². The third kappa shape index (κ3) is 15.0. The van der Waals surface area contributed by atoms with Crippen LogP contribution >= 0.6 is 0 Å². The first-order valence-electron chi connectivity index (χ1n) is 18.5. The number of carbonyl (C=O) groups excluding carboxylic acids is 8. The van der Waals surface area contributed by atoms with Crippen LogP contribution in [-0.2, 0) is 95.1 Å². The van der Waals surface area contributed by atoms with Crippen LogP contribution in [0.2, 0.25) is 0 Å². The highest BCUT2D eigenvalue weighted by Crippen LogP contribution is 2.31. The summed E-state index contributed by atoms with van der Waals surface area (Å²) >= 11 is 0. The van der Waals surface area contributed by atoms with Crippen molar-refractivity contribution in [3.8, 4) is 0 Å². The normalized spacial score (nSPS) is 29.6. The van der Waals surface area contributed by atoms with E-state index in [1.54, 1.807) is 13.8 Å². The Labute approximate surface area is 338 Å². The van der Waals surface area contributed by atoms with Crippen molar-refractivity contribution in [3.63, 3.8) is 0 Å². The summed E-state index contributed by atoms with van der Waals surface area (Å²) in [4.78, 5) is 98.8. The Balaban J connectivity index is 1.80. The van der Waals surface area contributed by atoms with Crippen molar-refractivity contribution in [2.75, 3.05) is 59.3 Å². The lowest BCUT2D eigenvalue weighted by Gasteiger charge is -2.44. The molecule has 24 nitrogen and oxygen atoms in total. The first-order valence-corrected chi connectivity index (χ1v) is 18.5. The molecular formula is C35H52N2O22. The fourth-order valence-corrected chi connectivity index (χ4v) is 5.52. The SMILES string of the molecule is CCOC(=O)C1(C)OCC(OC(=O)NCC(CNC(=O)OC2COC(C)(C(=O)OCC)OC2)OC2OC(COC(C)=O)C(OC(C)=O)C(OC(C)=O)C2OC(C)=O)CO1. The van der Waals surface area contributed by atoms with Crippen LogP contribution in [0.3, 0.4) is 0 Å². The Bertz CT molecular complexity index is 1430. The number of rotatable bonds is 17. The van der Waals surface area contributed by atoms with Crippen LogP contribution in [0.15, 0.2) is 0 Å². The Kier molecular flexibility index (Phi) is 18.5. The maximum atomic E-state index is 13.0. The summed E-state index contributed by atoms with van der Waals surface area (Å²) in [6.07, 6.45) is -13.1. The lowest BCUT2D eigenvalue weighted by atomic mass is 9.98. The minimum atomic E-state index is -1.72. The number of carbonyl (C=O) groups is 8. The van der Waals surface area contributed by atoms with E-state index < -0.39 is 128 Å². The van der Waals surface area contributed by atoms with E-state index in [0.29, 0.717) is 0 Å². The van der Waals surface area contributed by atoms with Gasteiger partial charge < -0.3 is 76.9 Å². The number of hydrogen-bond acceptors (Lipinski definition) is 22. The third-order valence-electron chi connectivity index (χ3n) is 8.24. The average Bonchev–Trinajstić information content (AvgIpc) is 3.15. The van der Waals surface area contributed by atoms with Crippen LogP contribution in [0.1, 0.15) is 55.4 Å². The predicted octanol–water partition coefficient (Wildman–Crippen LogP) is -0.703. The number of esters is 6. The van der Waals surface area contributed by atoms with Gasteiger partial charge in [-0.3, -0.25) is 19.2 Å². The van der Waals surface area contributed by atoms with E-state index in [4.69, 9.17) is 66.3 Å². The second-order valence-electron chi connectivity index (χ2n) is 13.2. The zero-order chi connectivity index (χ0) is 43.9. The van der Waals surface area contributed by atoms with Gasteiger partial charge in [0.2, 0.25) is 0 Å². The van der Waals surface area contributed by atoms with Crippen LogP contribution in [0.25, 0.3) is 0 Å². The predicted molar refractivity (Wildman–Crippen MR) is 187 cm³/mol. The van der Waals surface area contributed by atoms with E-state index in [2.05, 4.69) is 10.6 Å². The smallest absolute Gasteiger partial charge is 0.407 e. The number of amides is 2. The molecule has 3 aliphatic rings. The van der Waals surface area contributed by atoms with Crippen molar-refractivity contribution in [2.45, 2.75) is 116 Å². The molecule has 0 aliphatic carbocycles. The van der Waals surface area contributed by atoms with E-state index in [-0.39, 0.29) is 39.6 Å². The topological polar surface area (TPSA) is 290 Å². The molecule has 0 spiro atoms. The summed E-state index contributed by atoms with van der Waals surface area (Å²) in [6, 6.07) is 0. The molecular weight excluding hydrogens is 800 g/mol. The van der Waals surface area contributed by atoms with Gasteiger partial charge >= 0.3 is 48.0 Å². The summed E-state index contributed by atoms with van der Waals surface area (Å²) in [7, 11) is 0. The van der Waals surface area contributed by atoms with Gasteiger partial charge in [-0.1, -0.05) is 0 Å². The lowest BCUT2D eigenvalue weighted by Crippen LogP contribution is -2.64. The molecule has 0 aromatic carbocycles. The van der Waals surface area contributed by atoms with Gasteiger partial charge in [0.05, 0.1) is 45.7 Å². The molecule has 3 aliphatic heterocycles. The lowest BCUT2D eigenvalue weighted by molar-refractivity contribution is -0.316. The van der Waals surface area contributed by atoms with Gasteiger partial charge in [-0.25, -0.2) is 19.2 Å². The molecule has 2 amide bonds. The Morgan fingerprint density at radius 2 is 0.983 bits per heavy atom. The zero-order valence-corrected chi connectivity index (χ0v) is 34.0. The molecule has 0 aromatic heterocycles. The standard InChI is InChI=1S/C35H52N2O22/c1-9-46-30(42)34(7)49-13-23(14-50-34)57-32(44)36-11-22(12-37-33(45)58-24-15-51-35(8,52-16-24)31(43)47-10-2)56-29-28(55-21(6)41)27(54-20(5)40)26(53-19(4)39)25(59-29)17-48-18(3)38/h22-29H,9-17H2,1-8H3,(H,36,44)(H,37,45). The van der Waals surface area contributed by atoms with Gasteiger partial charge in [0.1, 0.15) is 12.7 Å². The van der Waals surface area contributed by atoms with Crippen molar-refractivity contribution in [3.05, 3.63) is 0 Å². The summed E-state index contributed by atoms with van der Waals surface area (Å²) in [5, 5.41) is 4.90. The molecule has 3 heterocycles. The van der Waals surface area contributed by atoms with Crippen LogP contribution in [0, 0.1) is 0 Å². The maximum Gasteiger partial charge on any atom is 0.407 e. The molecule has 3 saturated heterocycles. The fraction of sp³-hybridized carbons (Fsp3) is 0.771. The monoisotopic (exact) mass is 852 g/mol. The molecule has 0 radical (unpaired) electrons. The number of alkyl carbamates (subject to hydrolysis) is 2. The van der Waals surface area contributed by atoms with Crippen molar-refractivity contribution < 1.29 is 105 Å². The van der Waals surface area contributed by atoms with Crippen molar-refractivity contribution >= 4 is 48.0 Å². The van der Waals surface area contributed by atoms with Gasteiger partial charge in [0.15, 0.2) is 36.8 Å². The molecule has 0 aromatic rings. The Hall–Kier alpha value is -4.88. The number of nitrogens with one attached hydrogen (secondary N) is 2. The van der Waals surface area contributed by atoms with Crippen LogP contribution in [0.4, 0.5) is 9.59 Å². The first kappa shape index (κ1) is 48.5. The molecule has 5 unspecified atom stereocenters. The van der Waals surface area contributed by atoms with Crippen LogP contribution in [-0.4, -0.2) is 168 Å². The van der Waals surface area contributed by atoms with Gasteiger partial charge in [-0.15, -0.1) is 0 Å². The molecule has 3 rings (SSSR count). The minimum absolute atomic E-state index is 0.0802. The van der Waals surface area contributed by atoms with Crippen molar-refractivity contribution in [2.24, 2.45) is 0 Å². The summed E-state index contributed by atoms with van der Waals surface area (Å²) in [6.45, 7) is 7.85. The highest BCUT2D eigenvalue weighted by molar-refractivity contribution is 5.78. The zero-order valence-electron chi connectivity index (χ0n) is 34.0. The van der Waals surface area contributed by atoms with Crippen molar-refractivity contribution in [1.29, 1.82) is 0 Å². The fourth-order valence-electron chi connectivity index (χ4n) is 5.52. The van der Waals surface area contributed by atoms with Crippen LogP contribution in [0.5, 0.6) is 0 Å². The van der Waals surface area contributed by atoms with Gasteiger partial charge in [-0.2, -0.15) is 0 Å². The first-order chi connectivity index (χ1) is 27.8. The molecule has 3 fully saturated rings. The highest BCUT2D eigenvalue weighted by atomic mass is 16.8. The summed E-state index contributed by atoms with van der Waals surface area (Å²) < 4.78 is 75.9. The molecule has 59 heavy (non-hydrogen) atoms. The van der Waals surface area contributed by atoms with Gasteiger partial charge in [-0.05, 0) is 13.8 Å². The number of ether oxygens (including phenoxy) is 14. The summed E-state index contributed by atoms with van der Waals surface area (Å²) in [5.74, 6) is -8.37. The van der Waals surface area contributed by atoms with Crippen LogP contribution < -0.4 is 10.6 Å². The van der Waals surface area contributed by atoms with E-state index in [1.165, 1.54) is 13.8 Å². The Morgan fingerprint density at radius 1 is 0.576 bits per heavy atom. The number of hydrogen-bond donors (Lipinski definition) is 2. The molecule has 2 N–H and O–H groups in total. The van der Waals surface area contributed by atoms with Gasteiger partial charge in [0.25, 0.3) is 11.6 Å². The van der Waals surface area contributed by atoms with E-state index >= 15 is 0 Å². The quantitative estimate of drug-likeness (QED) is 0.135. The average molecular weight is 853 g/mol.